The Balaban J connectivity index is 2.15. The third-order valence-corrected chi connectivity index (χ3v) is 8.65. The number of nitrogens with zero attached hydrogens (tertiary/aromatic N) is 2. The maximum Gasteiger partial charge on any atom is 0.469 e. The van der Waals surface area contributed by atoms with Gasteiger partial charge in [-0.15, -0.1) is 0 Å². The number of phosphoric acid groups is 1. The number of benzene rings is 1. The van der Waals surface area contributed by atoms with Gasteiger partial charge in [-0.25, -0.2) is 9.55 Å². The molecule has 0 aliphatic rings. The van der Waals surface area contributed by atoms with Gasteiger partial charge >= 0.3 is 7.82 Å². The van der Waals surface area contributed by atoms with Crippen molar-refractivity contribution >= 4 is 37.4 Å². The van der Waals surface area contributed by atoms with Crippen LogP contribution in [-0.2, 0) is 45.9 Å². The number of aliphatic hydroxyl groups is 2. The average Bonchev–Trinajstić information content (AvgIpc) is 3.59. The smallest absolute Gasteiger partial charge is 0.394 e. The molecule has 0 saturated carbocycles. The van der Waals surface area contributed by atoms with Crippen LogP contribution in [0, 0.1) is 5.92 Å². The molecule has 0 spiro atoms. The van der Waals surface area contributed by atoms with E-state index in [1.54, 1.807) is 0 Å². The van der Waals surface area contributed by atoms with E-state index in [4.69, 9.17) is 15.5 Å². The quantitative estimate of drug-likeness (QED) is 0.0334. The zero-order valence-electron chi connectivity index (χ0n) is 30.3. The second kappa shape index (κ2) is 22.1. The Hall–Kier alpha value is -4.23. The molecule has 19 nitrogen and oxygen atoms in total. The molecular formula is C33H53N8O11P. The first kappa shape index (κ1) is 44.9. The van der Waals surface area contributed by atoms with Crippen molar-refractivity contribution in [3.8, 4) is 0 Å². The average molecular weight is 769 g/mol. The molecule has 0 radical (unpaired) electrons. The molecule has 1 heterocycles. The van der Waals surface area contributed by atoms with E-state index in [9.17, 15) is 38.8 Å². The summed E-state index contributed by atoms with van der Waals surface area (Å²) in [5, 5.41) is 30.8. The van der Waals surface area contributed by atoms with Gasteiger partial charge in [0.05, 0.1) is 31.6 Å². The number of primary amides is 1. The van der Waals surface area contributed by atoms with E-state index in [0.717, 1.165) is 19.8 Å². The molecule has 53 heavy (non-hydrogen) atoms. The van der Waals surface area contributed by atoms with Crippen molar-refractivity contribution in [3.05, 3.63) is 54.1 Å². The summed E-state index contributed by atoms with van der Waals surface area (Å²) in [4.78, 5) is 91.0. The van der Waals surface area contributed by atoms with Gasteiger partial charge in [0.2, 0.25) is 29.5 Å². The normalized spacial score (nSPS) is 15.0. The Morgan fingerprint density at radius 2 is 1.58 bits per heavy atom. The number of aromatic nitrogens is 2. The SMILES string of the molecule is CC(=O)N(CCCCc1ccccc1)CC(O)NC(CC(C)C)C(=O)NC(Cc1cnc[nH]1)C(=O)NC(CO)C(=O)NC(C(N)=O)C(C)OP(=O)(O)O. The fourth-order valence-corrected chi connectivity index (χ4v) is 5.94. The van der Waals surface area contributed by atoms with E-state index in [1.165, 1.54) is 29.9 Å². The molecule has 2 aromatic rings. The highest BCUT2D eigenvalue weighted by Crippen LogP contribution is 2.38. The van der Waals surface area contributed by atoms with E-state index in [1.807, 2.05) is 44.2 Å². The summed E-state index contributed by atoms with van der Waals surface area (Å²) in [6.45, 7) is 5.49. The summed E-state index contributed by atoms with van der Waals surface area (Å²) in [5.74, 6) is -4.27. The Morgan fingerprint density at radius 3 is 2.13 bits per heavy atom. The van der Waals surface area contributed by atoms with Gasteiger partial charge in [0.15, 0.2) is 0 Å². The molecule has 11 N–H and O–H groups in total. The minimum Gasteiger partial charge on any atom is -0.394 e. The zero-order chi connectivity index (χ0) is 39.7. The Labute approximate surface area is 308 Å². The van der Waals surface area contributed by atoms with Crippen molar-refractivity contribution in [2.75, 3.05) is 19.7 Å². The van der Waals surface area contributed by atoms with Gasteiger partial charge in [0.1, 0.15) is 24.4 Å². The number of aryl methyl sites for hydroxylation is 1. The molecule has 0 bridgehead atoms. The first-order valence-corrected chi connectivity index (χ1v) is 18.7. The van der Waals surface area contributed by atoms with Crippen LogP contribution in [0.4, 0.5) is 0 Å². The predicted octanol–water partition coefficient (Wildman–Crippen LogP) is -1.42. The Kier molecular flexibility index (Phi) is 18.7. The first-order valence-electron chi connectivity index (χ1n) is 17.2. The number of carbonyl (C=O) groups is 5. The fourth-order valence-electron chi connectivity index (χ4n) is 5.38. The van der Waals surface area contributed by atoms with Crippen LogP contribution in [0.2, 0.25) is 0 Å². The summed E-state index contributed by atoms with van der Waals surface area (Å²) < 4.78 is 15.7. The number of amides is 5. The molecule has 1 aromatic carbocycles. The number of hydrogen-bond acceptors (Lipinski definition) is 11. The molecule has 0 fully saturated rings. The van der Waals surface area contributed by atoms with E-state index in [2.05, 4.69) is 35.8 Å². The topological polar surface area (TPSA) is 299 Å². The molecule has 0 aliphatic carbocycles. The number of nitrogens with two attached hydrogens (primary N) is 1. The summed E-state index contributed by atoms with van der Waals surface area (Å²) in [5.41, 5.74) is 6.88. The lowest BCUT2D eigenvalue weighted by Crippen LogP contribution is -2.61. The molecule has 5 amide bonds. The molecule has 1 aromatic heterocycles. The molecule has 6 atom stereocenters. The minimum absolute atomic E-state index is 0.0511. The van der Waals surface area contributed by atoms with Gasteiger partial charge in [-0.2, -0.15) is 0 Å². The number of rotatable bonds is 24. The van der Waals surface area contributed by atoms with Crippen LogP contribution in [-0.4, -0.2) is 121 Å². The van der Waals surface area contributed by atoms with Gasteiger partial charge in [0.25, 0.3) is 0 Å². The van der Waals surface area contributed by atoms with E-state index in [-0.39, 0.29) is 31.2 Å². The molecule has 6 unspecified atom stereocenters. The second-order valence-electron chi connectivity index (χ2n) is 13.0. The number of phosphoric ester groups is 1. The van der Waals surface area contributed by atoms with Gasteiger partial charge in [-0.05, 0) is 44.1 Å². The van der Waals surface area contributed by atoms with Crippen molar-refractivity contribution < 1.29 is 53.1 Å². The lowest BCUT2D eigenvalue weighted by Gasteiger charge is -2.29. The summed E-state index contributed by atoms with van der Waals surface area (Å²) in [6, 6.07) is 4.06. The second-order valence-corrected chi connectivity index (χ2v) is 14.2. The lowest BCUT2D eigenvalue weighted by molar-refractivity contribution is -0.135. The number of nitrogens with one attached hydrogen (secondary N) is 5. The van der Waals surface area contributed by atoms with Crippen LogP contribution in [0.1, 0.15) is 58.2 Å². The van der Waals surface area contributed by atoms with Crippen molar-refractivity contribution in [1.29, 1.82) is 0 Å². The van der Waals surface area contributed by atoms with Crippen LogP contribution in [0.3, 0.4) is 0 Å². The highest BCUT2D eigenvalue weighted by atomic mass is 31.2. The van der Waals surface area contributed by atoms with E-state index < -0.39 is 74.6 Å². The Bertz CT molecular complexity index is 1510. The number of hydrogen-bond donors (Lipinski definition) is 10. The maximum absolute atomic E-state index is 13.7. The number of unbranched alkanes of at least 4 members (excludes halogenated alkanes) is 1. The van der Waals surface area contributed by atoms with Crippen LogP contribution in [0.5, 0.6) is 0 Å². The van der Waals surface area contributed by atoms with Crippen LogP contribution in [0.15, 0.2) is 42.9 Å². The van der Waals surface area contributed by atoms with Crippen molar-refractivity contribution in [1.82, 2.24) is 36.1 Å². The molecular weight excluding hydrogens is 715 g/mol. The predicted molar refractivity (Wildman–Crippen MR) is 191 cm³/mol. The van der Waals surface area contributed by atoms with Crippen LogP contribution < -0.4 is 27.0 Å². The highest BCUT2D eigenvalue weighted by Gasteiger charge is 2.35. The van der Waals surface area contributed by atoms with Crippen LogP contribution >= 0.6 is 7.82 Å². The van der Waals surface area contributed by atoms with Gasteiger partial charge in [-0.3, -0.25) is 33.8 Å². The third-order valence-electron chi connectivity index (χ3n) is 8.05. The summed E-state index contributed by atoms with van der Waals surface area (Å²) >= 11 is 0. The molecule has 2 rings (SSSR count). The fraction of sp³-hybridized carbons (Fsp3) is 0.576. The number of aromatic amines is 1. The lowest BCUT2D eigenvalue weighted by atomic mass is 10.0. The van der Waals surface area contributed by atoms with Crippen molar-refractivity contribution in [2.24, 2.45) is 11.7 Å². The van der Waals surface area contributed by atoms with Crippen LogP contribution in [0.25, 0.3) is 0 Å². The van der Waals surface area contributed by atoms with Gasteiger partial charge in [0, 0.05) is 31.8 Å². The number of imidazole rings is 1. The Morgan fingerprint density at radius 1 is 0.962 bits per heavy atom. The first-order chi connectivity index (χ1) is 24.9. The zero-order valence-corrected chi connectivity index (χ0v) is 31.2. The molecule has 20 heteroatoms. The van der Waals surface area contributed by atoms with Gasteiger partial charge in [-0.1, -0.05) is 44.2 Å². The van der Waals surface area contributed by atoms with E-state index in [0.29, 0.717) is 18.7 Å². The third kappa shape index (κ3) is 17.0. The standard InChI is InChI=1S/C33H53N8O11P/c1-20(2)14-25(37-28(44)17-41(22(4)43)13-9-8-12-23-10-6-5-7-11-23)31(46)38-26(15-24-16-35-19-36-24)32(47)39-27(18-42)33(48)40-29(30(34)45)21(3)52-53(49,50)51/h5-7,10-11,16,19-21,25-29,37,42,44H,8-9,12-15,17-18H2,1-4H3,(H2,34,45)(H,35,36)(H,38,46)(H,39,47)(H,40,48)(H2,49,50,51). The van der Waals surface area contributed by atoms with Crippen molar-refractivity contribution in [2.45, 2.75) is 96.3 Å². The molecule has 296 valence electrons. The highest BCUT2D eigenvalue weighted by molar-refractivity contribution is 7.46. The minimum atomic E-state index is -5.09. The molecule has 0 aliphatic heterocycles. The van der Waals surface area contributed by atoms with E-state index >= 15 is 0 Å². The van der Waals surface area contributed by atoms with Crippen molar-refractivity contribution in [3.63, 3.8) is 0 Å². The number of aliphatic hydroxyl groups excluding tert-OH is 2. The monoisotopic (exact) mass is 768 g/mol. The van der Waals surface area contributed by atoms with Gasteiger partial charge < -0.3 is 51.6 Å². The molecule has 0 saturated heterocycles. The largest absolute Gasteiger partial charge is 0.469 e. The maximum atomic E-state index is 13.7. The summed E-state index contributed by atoms with van der Waals surface area (Å²) in [6.07, 6.45) is 2.29. The summed E-state index contributed by atoms with van der Waals surface area (Å²) in [7, 11) is -5.09. The number of H-pyrrole nitrogens is 1. The number of carbonyl (C=O) groups excluding carboxylic acids is 5.